The van der Waals surface area contributed by atoms with Gasteiger partial charge in [-0.1, -0.05) is 36.8 Å². The summed E-state index contributed by atoms with van der Waals surface area (Å²) in [6.45, 7) is 9.52. The molecule has 0 aliphatic carbocycles. The van der Waals surface area contributed by atoms with Crippen LogP contribution in [0.3, 0.4) is 0 Å². The molecule has 23 heavy (non-hydrogen) atoms. The number of nitrogens with one attached hydrogen (secondary N) is 1. The summed E-state index contributed by atoms with van der Waals surface area (Å²) in [5.74, 6) is 0.494. The molecule has 0 radical (unpaired) electrons. The van der Waals surface area contributed by atoms with Gasteiger partial charge in [0.1, 0.15) is 5.60 Å². The van der Waals surface area contributed by atoms with Crippen molar-refractivity contribution in [2.45, 2.75) is 52.2 Å². The van der Waals surface area contributed by atoms with Crippen molar-refractivity contribution >= 4 is 6.09 Å². The molecule has 1 aromatic carbocycles. The molecule has 1 aliphatic heterocycles. The molecule has 128 valence electrons. The SMILES string of the molecule is CC(C)(C)OC(=O)NCC1CCCCN(Cc2ccccc2)C1. The lowest BCUT2D eigenvalue weighted by Gasteiger charge is -2.25. The fourth-order valence-electron chi connectivity index (χ4n) is 3.01. The summed E-state index contributed by atoms with van der Waals surface area (Å²) in [5, 5.41) is 2.93. The lowest BCUT2D eigenvalue weighted by atomic mass is 10.0. The molecule has 1 fully saturated rings. The van der Waals surface area contributed by atoms with Gasteiger partial charge < -0.3 is 10.1 Å². The summed E-state index contributed by atoms with van der Waals surface area (Å²) in [6.07, 6.45) is 3.32. The maximum absolute atomic E-state index is 11.8. The normalized spacial score (nSPS) is 19.9. The van der Waals surface area contributed by atoms with Gasteiger partial charge in [0.15, 0.2) is 0 Å². The number of rotatable bonds is 4. The number of hydrogen-bond donors (Lipinski definition) is 1. The summed E-state index contributed by atoms with van der Waals surface area (Å²) in [4.78, 5) is 14.3. The van der Waals surface area contributed by atoms with Gasteiger partial charge in [-0.25, -0.2) is 4.79 Å². The van der Waals surface area contributed by atoms with E-state index in [4.69, 9.17) is 4.74 Å². The van der Waals surface area contributed by atoms with E-state index >= 15 is 0 Å². The van der Waals surface area contributed by atoms with E-state index in [2.05, 4.69) is 40.5 Å². The summed E-state index contributed by atoms with van der Waals surface area (Å²) in [6, 6.07) is 10.6. The van der Waals surface area contributed by atoms with E-state index < -0.39 is 5.60 Å². The van der Waals surface area contributed by atoms with Gasteiger partial charge >= 0.3 is 6.09 Å². The van der Waals surface area contributed by atoms with Crippen LogP contribution in [0.4, 0.5) is 4.79 Å². The maximum atomic E-state index is 11.8. The third-order valence-electron chi connectivity index (χ3n) is 4.04. The van der Waals surface area contributed by atoms with Gasteiger partial charge in [-0.3, -0.25) is 4.90 Å². The minimum Gasteiger partial charge on any atom is -0.444 e. The zero-order valence-electron chi connectivity index (χ0n) is 14.7. The number of benzene rings is 1. The number of likely N-dealkylation sites (tertiary alicyclic amines) is 1. The molecule has 1 amide bonds. The van der Waals surface area contributed by atoms with E-state index in [1.807, 2.05) is 20.8 Å². The van der Waals surface area contributed by atoms with Crippen molar-refractivity contribution in [1.29, 1.82) is 0 Å². The van der Waals surface area contributed by atoms with Crippen LogP contribution in [0.25, 0.3) is 0 Å². The standard InChI is InChI=1S/C19H30N2O2/c1-19(2,3)23-18(22)20-13-17-11-7-8-12-21(15-17)14-16-9-5-4-6-10-16/h4-6,9-10,17H,7-8,11-15H2,1-3H3,(H,20,22). The molecule has 1 heterocycles. The highest BCUT2D eigenvalue weighted by molar-refractivity contribution is 5.67. The van der Waals surface area contributed by atoms with Crippen LogP contribution < -0.4 is 5.32 Å². The molecule has 4 nitrogen and oxygen atoms in total. The maximum Gasteiger partial charge on any atom is 0.407 e. The molecule has 2 rings (SSSR count). The quantitative estimate of drug-likeness (QED) is 0.918. The molecule has 1 N–H and O–H groups in total. The first-order valence-electron chi connectivity index (χ1n) is 8.65. The second kappa shape index (κ2) is 8.34. The highest BCUT2D eigenvalue weighted by Crippen LogP contribution is 2.18. The topological polar surface area (TPSA) is 41.6 Å². The minimum atomic E-state index is -0.438. The molecular formula is C19H30N2O2. The lowest BCUT2D eigenvalue weighted by Crippen LogP contribution is -2.38. The first-order chi connectivity index (χ1) is 10.9. The first-order valence-corrected chi connectivity index (χ1v) is 8.65. The van der Waals surface area contributed by atoms with Crippen molar-refractivity contribution < 1.29 is 9.53 Å². The summed E-state index contributed by atoms with van der Waals surface area (Å²) in [5.41, 5.74) is 0.917. The highest BCUT2D eigenvalue weighted by atomic mass is 16.6. The zero-order chi connectivity index (χ0) is 16.7. The number of amides is 1. The van der Waals surface area contributed by atoms with Crippen LogP contribution in [0.15, 0.2) is 30.3 Å². The molecule has 0 aromatic heterocycles. The van der Waals surface area contributed by atoms with E-state index in [9.17, 15) is 4.79 Å². The van der Waals surface area contributed by atoms with Gasteiger partial charge in [-0.2, -0.15) is 0 Å². The number of alkyl carbamates (subject to hydrolysis) is 1. The average Bonchev–Trinajstić information content (AvgIpc) is 2.70. The van der Waals surface area contributed by atoms with Gasteiger partial charge in [0, 0.05) is 19.6 Å². The van der Waals surface area contributed by atoms with E-state index in [1.165, 1.54) is 24.8 Å². The molecule has 0 spiro atoms. The molecule has 1 aliphatic rings. The third kappa shape index (κ3) is 7.04. The van der Waals surface area contributed by atoms with Crippen LogP contribution in [0.5, 0.6) is 0 Å². The summed E-state index contributed by atoms with van der Waals surface area (Å²) in [7, 11) is 0. The largest absolute Gasteiger partial charge is 0.444 e. The lowest BCUT2D eigenvalue weighted by molar-refractivity contribution is 0.0515. The van der Waals surface area contributed by atoms with Crippen LogP contribution in [0, 0.1) is 5.92 Å². The molecular weight excluding hydrogens is 288 g/mol. The Morgan fingerprint density at radius 2 is 2.00 bits per heavy atom. The Balaban J connectivity index is 1.81. The van der Waals surface area contributed by atoms with Crippen molar-refractivity contribution in [3.8, 4) is 0 Å². The van der Waals surface area contributed by atoms with Crippen molar-refractivity contribution in [2.75, 3.05) is 19.6 Å². The molecule has 0 saturated carbocycles. The predicted octanol–water partition coefficient (Wildman–Crippen LogP) is 3.81. The van der Waals surface area contributed by atoms with E-state index in [0.29, 0.717) is 12.5 Å². The number of nitrogens with zero attached hydrogens (tertiary/aromatic N) is 1. The Morgan fingerprint density at radius 3 is 2.70 bits per heavy atom. The van der Waals surface area contributed by atoms with Crippen LogP contribution in [0.1, 0.15) is 45.6 Å². The Bertz CT molecular complexity index is 482. The second-order valence-electron chi connectivity index (χ2n) is 7.47. The number of hydrogen-bond acceptors (Lipinski definition) is 3. The molecule has 0 bridgehead atoms. The summed E-state index contributed by atoms with van der Waals surface area (Å²) >= 11 is 0. The number of ether oxygens (including phenoxy) is 1. The van der Waals surface area contributed by atoms with Crippen LogP contribution >= 0.6 is 0 Å². The molecule has 1 unspecified atom stereocenters. The van der Waals surface area contributed by atoms with E-state index in [1.54, 1.807) is 0 Å². The summed E-state index contributed by atoms with van der Waals surface area (Å²) < 4.78 is 5.32. The van der Waals surface area contributed by atoms with Crippen molar-refractivity contribution in [2.24, 2.45) is 5.92 Å². The number of carbonyl (C=O) groups excluding carboxylic acids is 1. The minimum absolute atomic E-state index is 0.309. The number of carbonyl (C=O) groups is 1. The van der Waals surface area contributed by atoms with Gasteiger partial charge in [0.05, 0.1) is 0 Å². The fourth-order valence-corrected chi connectivity index (χ4v) is 3.01. The Kier molecular flexibility index (Phi) is 6.46. The van der Waals surface area contributed by atoms with E-state index in [0.717, 1.165) is 19.6 Å². The highest BCUT2D eigenvalue weighted by Gasteiger charge is 2.21. The predicted molar refractivity (Wildman–Crippen MR) is 93.3 cm³/mol. The first kappa shape index (κ1) is 17.8. The Labute approximate surface area is 140 Å². The van der Waals surface area contributed by atoms with Crippen molar-refractivity contribution in [1.82, 2.24) is 10.2 Å². The fraction of sp³-hybridized carbons (Fsp3) is 0.632. The Hall–Kier alpha value is -1.55. The van der Waals surface area contributed by atoms with Crippen molar-refractivity contribution in [3.63, 3.8) is 0 Å². The average molecular weight is 318 g/mol. The monoisotopic (exact) mass is 318 g/mol. The smallest absolute Gasteiger partial charge is 0.407 e. The molecule has 1 aromatic rings. The van der Waals surface area contributed by atoms with Crippen LogP contribution in [-0.2, 0) is 11.3 Å². The van der Waals surface area contributed by atoms with E-state index in [-0.39, 0.29) is 6.09 Å². The Morgan fingerprint density at radius 1 is 1.26 bits per heavy atom. The van der Waals surface area contributed by atoms with Crippen molar-refractivity contribution in [3.05, 3.63) is 35.9 Å². The third-order valence-corrected chi connectivity index (χ3v) is 4.04. The van der Waals surface area contributed by atoms with Gasteiger partial charge in [-0.05, 0) is 51.6 Å². The van der Waals surface area contributed by atoms with Gasteiger partial charge in [0.25, 0.3) is 0 Å². The second-order valence-corrected chi connectivity index (χ2v) is 7.47. The van der Waals surface area contributed by atoms with Crippen LogP contribution in [-0.4, -0.2) is 36.2 Å². The zero-order valence-corrected chi connectivity index (χ0v) is 14.7. The molecule has 1 atom stereocenters. The molecule has 1 saturated heterocycles. The molecule has 4 heteroatoms. The van der Waals surface area contributed by atoms with Gasteiger partial charge in [0.2, 0.25) is 0 Å². The van der Waals surface area contributed by atoms with Gasteiger partial charge in [-0.15, -0.1) is 0 Å². The van der Waals surface area contributed by atoms with Crippen LogP contribution in [0.2, 0.25) is 0 Å².